The largest absolute Gasteiger partial charge is 0.381 e. The highest BCUT2D eigenvalue weighted by molar-refractivity contribution is 7.99. The molecule has 0 saturated carbocycles. The molecule has 16 heavy (non-hydrogen) atoms. The van der Waals surface area contributed by atoms with Gasteiger partial charge in [-0.2, -0.15) is 11.8 Å². The zero-order valence-electron chi connectivity index (χ0n) is 10.8. The molecule has 0 bridgehead atoms. The highest BCUT2D eigenvalue weighted by atomic mass is 32.2. The lowest BCUT2D eigenvalue weighted by Crippen LogP contribution is -2.32. The van der Waals surface area contributed by atoms with Gasteiger partial charge in [0.25, 0.3) is 0 Å². The molecule has 0 aromatic rings. The SMILES string of the molecule is CCC1CCSC(C(C)C2CCOCC2)C1. The summed E-state index contributed by atoms with van der Waals surface area (Å²) < 4.78 is 5.47. The summed E-state index contributed by atoms with van der Waals surface area (Å²) in [6, 6.07) is 0. The number of ether oxygens (including phenoxy) is 1. The van der Waals surface area contributed by atoms with Gasteiger partial charge in [0.05, 0.1) is 0 Å². The second-order valence-electron chi connectivity index (χ2n) is 5.52. The van der Waals surface area contributed by atoms with E-state index in [1.165, 1.54) is 37.9 Å². The molecule has 0 spiro atoms. The summed E-state index contributed by atoms with van der Waals surface area (Å²) in [5, 5.41) is 0.932. The summed E-state index contributed by atoms with van der Waals surface area (Å²) >= 11 is 2.24. The zero-order chi connectivity index (χ0) is 11.4. The van der Waals surface area contributed by atoms with Crippen LogP contribution in [0.3, 0.4) is 0 Å². The predicted molar refractivity (Wildman–Crippen MR) is 72.0 cm³/mol. The third-order valence-corrected chi connectivity index (χ3v) is 6.12. The molecule has 94 valence electrons. The summed E-state index contributed by atoms with van der Waals surface area (Å²) in [6.45, 7) is 6.86. The lowest BCUT2D eigenvalue weighted by molar-refractivity contribution is 0.0478. The van der Waals surface area contributed by atoms with Crippen molar-refractivity contribution < 1.29 is 4.74 Å². The van der Waals surface area contributed by atoms with Crippen LogP contribution < -0.4 is 0 Å². The molecule has 0 amide bonds. The van der Waals surface area contributed by atoms with E-state index in [-0.39, 0.29) is 0 Å². The monoisotopic (exact) mass is 242 g/mol. The van der Waals surface area contributed by atoms with E-state index in [1.807, 2.05) is 0 Å². The van der Waals surface area contributed by atoms with Gasteiger partial charge in [-0.3, -0.25) is 0 Å². The maximum Gasteiger partial charge on any atom is 0.0468 e. The first-order valence-corrected chi connectivity index (χ1v) is 8.05. The van der Waals surface area contributed by atoms with Gasteiger partial charge in [-0.25, -0.2) is 0 Å². The Labute approximate surface area is 105 Å². The van der Waals surface area contributed by atoms with Crippen molar-refractivity contribution in [2.24, 2.45) is 17.8 Å². The second-order valence-corrected chi connectivity index (χ2v) is 6.86. The van der Waals surface area contributed by atoms with Gasteiger partial charge >= 0.3 is 0 Å². The van der Waals surface area contributed by atoms with Gasteiger partial charge in [0.2, 0.25) is 0 Å². The van der Waals surface area contributed by atoms with Crippen molar-refractivity contribution >= 4 is 11.8 Å². The fraction of sp³-hybridized carbons (Fsp3) is 1.00. The van der Waals surface area contributed by atoms with Crippen LogP contribution in [0.2, 0.25) is 0 Å². The standard InChI is InChI=1S/C14H26OS/c1-3-12-6-9-16-14(10-12)11(2)13-4-7-15-8-5-13/h11-14H,3-10H2,1-2H3. The first-order chi connectivity index (χ1) is 7.81. The van der Waals surface area contributed by atoms with Crippen molar-refractivity contribution in [1.82, 2.24) is 0 Å². The van der Waals surface area contributed by atoms with Crippen LogP contribution in [0.4, 0.5) is 0 Å². The minimum Gasteiger partial charge on any atom is -0.381 e. The molecule has 0 radical (unpaired) electrons. The molecule has 2 fully saturated rings. The van der Waals surface area contributed by atoms with Crippen molar-refractivity contribution in [2.75, 3.05) is 19.0 Å². The number of thioether (sulfide) groups is 1. The third-order valence-electron chi connectivity index (χ3n) is 4.60. The van der Waals surface area contributed by atoms with Crippen LogP contribution in [-0.2, 0) is 4.74 Å². The topological polar surface area (TPSA) is 9.23 Å². The summed E-state index contributed by atoms with van der Waals surface area (Å²) in [5.74, 6) is 4.25. The lowest BCUT2D eigenvalue weighted by atomic mass is 9.81. The van der Waals surface area contributed by atoms with E-state index in [4.69, 9.17) is 4.74 Å². The quantitative estimate of drug-likeness (QED) is 0.740. The van der Waals surface area contributed by atoms with E-state index in [0.717, 1.165) is 36.2 Å². The van der Waals surface area contributed by atoms with Gasteiger partial charge in [-0.05, 0) is 49.2 Å². The maximum absolute atomic E-state index is 5.47. The molecule has 2 heteroatoms. The van der Waals surface area contributed by atoms with Gasteiger partial charge < -0.3 is 4.74 Å². The van der Waals surface area contributed by atoms with Gasteiger partial charge in [0.1, 0.15) is 0 Å². The number of hydrogen-bond donors (Lipinski definition) is 0. The van der Waals surface area contributed by atoms with E-state index < -0.39 is 0 Å². The molecule has 0 N–H and O–H groups in total. The smallest absolute Gasteiger partial charge is 0.0468 e. The Morgan fingerprint density at radius 3 is 2.69 bits per heavy atom. The normalized spacial score (nSPS) is 34.9. The van der Waals surface area contributed by atoms with Crippen LogP contribution in [0, 0.1) is 17.8 Å². The van der Waals surface area contributed by atoms with Gasteiger partial charge in [-0.15, -0.1) is 0 Å². The average molecular weight is 242 g/mol. The van der Waals surface area contributed by atoms with E-state index in [0.29, 0.717) is 0 Å². The maximum atomic E-state index is 5.47. The summed E-state index contributed by atoms with van der Waals surface area (Å²) in [6.07, 6.45) is 6.92. The minimum atomic E-state index is 0.906. The van der Waals surface area contributed by atoms with Crippen LogP contribution >= 0.6 is 11.8 Å². The van der Waals surface area contributed by atoms with Crippen molar-refractivity contribution in [2.45, 2.75) is 51.2 Å². The molecule has 0 aliphatic carbocycles. The Balaban J connectivity index is 1.84. The molecule has 2 heterocycles. The third kappa shape index (κ3) is 3.16. The molecular weight excluding hydrogens is 216 g/mol. The molecular formula is C14H26OS. The number of rotatable bonds is 3. The molecule has 3 atom stereocenters. The molecule has 2 saturated heterocycles. The molecule has 3 unspecified atom stereocenters. The highest BCUT2D eigenvalue weighted by Gasteiger charge is 2.31. The van der Waals surface area contributed by atoms with Crippen molar-refractivity contribution in [3.63, 3.8) is 0 Å². The summed E-state index contributed by atoms with van der Waals surface area (Å²) in [4.78, 5) is 0. The fourth-order valence-corrected chi connectivity index (χ4v) is 4.89. The van der Waals surface area contributed by atoms with Gasteiger partial charge in [0, 0.05) is 18.5 Å². The second kappa shape index (κ2) is 6.30. The van der Waals surface area contributed by atoms with Crippen LogP contribution in [0.25, 0.3) is 0 Å². The van der Waals surface area contributed by atoms with E-state index >= 15 is 0 Å². The predicted octanol–water partition coefficient (Wildman–Crippen LogP) is 3.97. The Kier molecular flexibility index (Phi) is 5.02. The first-order valence-electron chi connectivity index (χ1n) is 7.00. The Hall–Kier alpha value is 0.310. The fourth-order valence-electron chi connectivity index (χ4n) is 3.18. The van der Waals surface area contributed by atoms with Crippen LogP contribution in [0.1, 0.15) is 46.0 Å². The van der Waals surface area contributed by atoms with E-state index in [9.17, 15) is 0 Å². The van der Waals surface area contributed by atoms with Crippen LogP contribution in [0.15, 0.2) is 0 Å². The van der Waals surface area contributed by atoms with E-state index in [2.05, 4.69) is 25.6 Å². The van der Waals surface area contributed by atoms with Crippen LogP contribution in [0.5, 0.6) is 0 Å². The van der Waals surface area contributed by atoms with Crippen molar-refractivity contribution in [1.29, 1.82) is 0 Å². The molecule has 0 aromatic carbocycles. The van der Waals surface area contributed by atoms with E-state index in [1.54, 1.807) is 0 Å². The molecule has 0 aromatic heterocycles. The van der Waals surface area contributed by atoms with Gasteiger partial charge in [0.15, 0.2) is 0 Å². The van der Waals surface area contributed by atoms with Crippen LogP contribution in [-0.4, -0.2) is 24.2 Å². The molecule has 2 aliphatic rings. The average Bonchev–Trinajstić information content (AvgIpc) is 2.39. The highest BCUT2D eigenvalue weighted by Crippen LogP contribution is 2.40. The Morgan fingerprint density at radius 1 is 1.25 bits per heavy atom. The van der Waals surface area contributed by atoms with Gasteiger partial charge in [-0.1, -0.05) is 20.3 Å². The minimum absolute atomic E-state index is 0.906. The molecule has 2 aliphatic heterocycles. The first kappa shape index (κ1) is 12.8. The zero-order valence-corrected chi connectivity index (χ0v) is 11.6. The molecule has 1 nitrogen and oxygen atoms in total. The Bertz CT molecular complexity index is 201. The summed E-state index contributed by atoms with van der Waals surface area (Å²) in [7, 11) is 0. The van der Waals surface area contributed by atoms with Crippen molar-refractivity contribution in [3.8, 4) is 0 Å². The molecule has 2 rings (SSSR count). The van der Waals surface area contributed by atoms with Crippen molar-refractivity contribution in [3.05, 3.63) is 0 Å². The Morgan fingerprint density at radius 2 is 2.00 bits per heavy atom. The summed E-state index contributed by atoms with van der Waals surface area (Å²) in [5.41, 5.74) is 0. The lowest BCUT2D eigenvalue weighted by Gasteiger charge is -2.37. The number of hydrogen-bond acceptors (Lipinski definition) is 2.